The van der Waals surface area contributed by atoms with Crippen LogP contribution in [0.2, 0.25) is 0 Å². The van der Waals surface area contributed by atoms with E-state index in [1.165, 1.54) is 12.1 Å². The first kappa shape index (κ1) is 17.4. The zero-order chi connectivity index (χ0) is 17.8. The highest BCUT2D eigenvalue weighted by atomic mass is 32.2. The molecule has 1 fully saturated rings. The molecule has 0 saturated carbocycles. The van der Waals surface area contributed by atoms with E-state index in [4.69, 9.17) is 9.47 Å². The van der Waals surface area contributed by atoms with Gasteiger partial charge in [-0.05, 0) is 24.3 Å². The maximum Gasteiger partial charge on any atom is 0.323 e. The van der Waals surface area contributed by atoms with E-state index in [0.29, 0.717) is 23.7 Å². The summed E-state index contributed by atoms with van der Waals surface area (Å²) in [6.45, 7) is 0.594. The number of methoxy groups -OCH3 is 2. The molecule has 0 bridgehead atoms. The fourth-order valence-electron chi connectivity index (χ4n) is 2.80. The molecule has 2 amide bonds. The molecule has 2 aromatic rings. The van der Waals surface area contributed by atoms with Crippen LogP contribution in [0.3, 0.4) is 0 Å². The van der Waals surface area contributed by atoms with Gasteiger partial charge in [0.2, 0.25) is 0 Å². The van der Waals surface area contributed by atoms with Crippen molar-refractivity contribution >= 4 is 23.5 Å². The van der Waals surface area contributed by atoms with E-state index in [-0.39, 0.29) is 17.2 Å². The molecule has 132 valence electrons. The Morgan fingerprint density at radius 2 is 2.04 bits per heavy atom. The third-order valence-electron chi connectivity index (χ3n) is 3.93. The number of carbonyl (C=O) groups excluding carboxylic acids is 1. The molecule has 1 aliphatic heterocycles. The second kappa shape index (κ2) is 7.65. The highest BCUT2D eigenvalue weighted by Crippen LogP contribution is 2.45. The number of carbonyl (C=O) groups is 1. The highest BCUT2D eigenvalue weighted by Gasteiger charge is 2.33. The standard InChI is InChI=1S/C18H19FN2O3S/c1-23-15-8-4-7-14(16(15)24-2)17-21(9-10-25-17)18(22)20-13-6-3-5-12(19)11-13/h3-8,11,17H,9-10H2,1-2H3,(H,20,22). The number of ether oxygens (including phenoxy) is 2. The largest absolute Gasteiger partial charge is 0.493 e. The number of hydrogen-bond acceptors (Lipinski definition) is 4. The van der Waals surface area contributed by atoms with Gasteiger partial charge in [0.25, 0.3) is 0 Å². The van der Waals surface area contributed by atoms with E-state index in [0.717, 1.165) is 11.3 Å². The van der Waals surface area contributed by atoms with Crippen LogP contribution in [0.5, 0.6) is 11.5 Å². The average molecular weight is 362 g/mol. The van der Waals surface area contributed by atoms with Crippen molar-refractivity contribution in [3.8, 4) is 11.5 Å². The number of rotatable bonds is 4. The molecule has 25 heavy (non-hydrogen) atoms. The summed E-state index contributed by atoms with van der Waals surface area (Å²) in [6.07, 6.45) is 0. The molecule has 0 spiro atoms. The van der Waals surface area contributed by atoms with E-state index >= 15 is 0 Å². The molecule has 1 aliphatic rings. The Kier molecular flexibility index (Phi) is 5.33. The van der Waals surface area contributed by atoms with Crippen molar-refractivity contribution < 1.29 is 18.7 Å². The van der Waals surface area contributed by atoms with E-state index in [1.54, 1.807) is 43.0 Å². The summed E-state index contributed by atoms with van der Waals surface area (Å²) in [5.41, 5.74) is 1.30. The summed E-state index contributed by atoms with van der Waals surface area (Å²) < 4.78 is 24.2. The van der Waals surface area contributed by atoms with Gasteiger partial charge in [-0.2, -0.15) is 0 Å². The lowest BCUT2D eigenvalue weighted by Gasteiger charge is -2.26. The van der Waals surface area contributed by atoms with Gasteiger partial charge in [-0.15, -0.1) is 11.8 Å². The molecule has 3 rings (SSSR count). The third kappa shape index (κ3) is 3.66. The second-order valence-corrected chi connectivity index (χ2v) is 6.63. The number of thioether (sulfide) groups is 1. The molecular formula is C18H19FN2O3S. The number of benzene rings is 2. The molecule has 2 aromatic carbocycles. The number of nitrogens with one attached hydrogen (secondary N) is 1. The van der Waals surface area contributed by atoms with Crippen LogP contribution in [-0.4, -0.2) is 37.4 Å². The predicted molar refractivity (Wildman–Crippen MR) is 96.9 cm³/mol. The van der Waals surface area contributed by atoms with Crippen molar-refractivity contribution in [2.45, 2.75) is 5.37 Å². The summed E-state index contributed by atoms with van der Waals surface area (Å²) in [7, 11) is 3.16. The number of amides is 2. The first-order valence-electron chi connectivity index (χ1n) is 7.79. The van der Waals surface area contributed by atoms with E-state index in [1.807, 2.05) is 18.2 Å². The molecule has 1 atom stereocenters. The minimum absolute atomic E-state index is 0.196. The number of hydrogen-bond donors (Lipinski definition) is 1. The Morgan fingerprint density at radius 1 is 1.24 bits per heavy atom. The van der Waals surface area contributed by atoms with Gasteiger partial charge in [0.15, 0.2) is 11.5 Å². The number of anilines is 1. The Hall–Kier alpha value is -2.41. The van der Waals surface area contributed by atoms with E-state index < -0.39 is 0 Å². The van der Waals surface area contributed by atoms with Crippen molar-refractivity contribution in [3.05, 3.63) is 53.8 Å². The van der Waals surface area contributed by atoms with Crippen LogP contribution in [0.25, 0.3) is 0 Å². The molecule has 5 nitrogen and oxygen atoms in total. The first-order chi connectivity index (χ1) is 12.1. The molecular weight excluding hydrogens is 343 g/mol. The van der Waals surface area contributed by atoms with Gasteiger partial charge in [-0.25, -0.2) is 9.18 Å². The average Bonchev–Trinajstić information content (AvgIpc) is 3.10. The van der Waals surface area contributed by atoms with Crippen LogP contribution in [0.15, 0.2) is 42.5 Å². The maximum absolute atomic E-state index is 13.3. The summed E-state index contributed by atoms with van der Waals surface area (Å²) in [5.74, 6) is 1.66. The minimum Gasteiger partial charge on any atom is -0.493 e. The van der Waals surface area contributed by atoms with Gasteiger partial charge >= 0.3 is 6.03 Å². The molecule has 1 saturated heterocycles. The van der Waals surface area contributed by atoms with Gasteiger partial charge in [0, 0.05) is 23.5 Å². The summed E-state index contributed by atoms with van der Waals surface area (Å²) in [5, 5.41) is 2.56. The van der Waals surface area contributed by atoms with Crippen molar-refractivity contribution in [2.24, 2.45) is 0 Å². The van der Waals surface area contributed by atoms with Gasteiger partial charge in [-0.1, -0.05) is 18.2 Å². The van der Waals surface area contributed by atoms with Gasteiger partial charge < -0.3 is 19.7 Å². The third-order valence-corrected chi connectivity index (χ3v) is 5.17. The van der Waals surface area contributed by atoms with Crippen LogP contribution in [0, 0.1) is 5.82 Å². The Bertz CT molecular complexity index is 772. The number of nitrogens with zero attached hydrogens (tertiary/aromatic N) is 1. The fourth-order valence-corrected chi connectivity index (χ4v) is 4.08. The molecule has 0 aromatic heterocycles. The summed E-state index contributed by atoms with van der Waals surface area (Å²) >= 11 is 1.65. The molecule has 7 heteroatoms. The Morgan fingerprint density at radius 3 is 2.76 bits per heavy atom. The van der Waals surface area contributed by atoms with Crippen LogP contribution in [0.4, 0.5) is 14.9 Å². The Labute approximate surface area is 150 Å². The molecule has 0 aliphatic carbocycles. The smallest absolute Gasteiger partial charge is 0.323 e. The normalized spacial score (nSPS) is 16.6. The molecule has 0 radical (unpaired) electrons. The minimum atomic E-state index is -0.389. The van der Waals surface area contributed by atoms with E-state index in [2.05, 4.69) is 5.32 Å². The van der Waals surface area contributed by atoms with E-state index in [9.17, 15) is 9.18 Å². The SMILES string of the molecule is COc1cccc(C2SCCN2C(=O)Nc2cccc(F)c2)c1OC. The molecule has 1 heterocycles. The van der Waals surface area contributed by atoms with Crippen LogP contribution in [-0.2, 0) is 0 Å². The predicted octanol–water partition coefficient (Wildman–Crippen LogP) is 4.12. The lowest BCUT2D eigenvalue weighted by molar-refractivity contribution is 0.213. The lowest BCUT2D eigenvalue weighted by Crippen LogP contribution is -2.34. The van der Waals surface area contributed by atoms with Gasteiger partial charge in [0.05, 0.1) is 14.2 Å². The van der Waals surface area contributed by atoms with Crippen molar-refractivity contribution in [1.82, 2.24) is 4.90 Å². The zero-order valence-corrected chi connectivity index (χ0v) is 14.8. The van der Waals surface area contributed by atoms with Crippen LogP contribution >= 0.6 is 11.8 Å². The zero-order valence-electron chi connectivity index (χ0n) is 14.0. The number of halogens is 1. The summed E-state index contributed by atoms with van der Waals surface area (Å²) in [6, 6.07) is 11.2. The monoisotopic (exact) mass is 362 g/mol. The Balaban J connectivity index is 1.84. The van der Waals surface area contributed by atoms with Crippen LogP contribution < -0.4 is 14.8 Å². The van der Waals surface area contributed by atoms with Gasteiger partial charge in [0.1, 0.15) is 11.2 Å². The second-order valence-electron chi connectivity index (χ2n) is 5.44. The van der Waals surface area contributed by atoms with Crippen molar-refractivity contribution in [2.75, 3.05) is 31.8 Å². The first-order valence-corrected chi connectivity index (χ1v) is 8.84. The van der Waals surface area contributed by atoms with Crippen molar-refractivity contribution in [1.29, 1.82) is 0 Å². The lowest BCUT2D eigenvalue weighted by atomic mass is 10.1. The molecule has 1 unspecified atom stereocenters. The fraction of sp³-hybridized carbons (Fsp3) is 0.278. The molecule has 1 N–H and O–H groups in total. The number of para-hydroxylation sites is 1. The van der Waals surface area contributed by atoms with Crippen molar-refractivity contribution in [3.63, 3.8) is 0 Å². The quantitative estimate of drug-likeness (QED) is 0.889. The maximum atomic E-state index is 13.3. The summed E-state index contributed by atoms with van der Waals surface area (Å²) in [4.78, 5) is 14.4. The van der Waals surface area contributed by atoms with Crippen LogP contribution in [0.1, 0.15) is 10.9 Å². The topological polar surface area (TPSA) is 50.8 Å². The highest BCUT2D eigenvalue weighted by molar-refractivity contribution is 7.99. The van der Waals surface area contributed by atoms with Gasteiger partial charge in [-0.3, -0.25) is 0 Å². The number of urea groups is 1.